The fourth-order valence-corrected chi connectivity index (χ4v) is 1.87. The van der Waals surface area contributed by atoms with Gasteiger partial charge < -0.3 is 10.5 Å². The van der Waals surface area contributed by atoms with Crippen molar-refractivity contribution in [3.05, 3.63) is 34.9 Å². The van der Waals surface area contributed by atoms with Crippen molar-refractivity contribution in [1.82, 2.24) is 0 Å². The van der Waals surface area contributed by atoms with E-state index in [-0.39, 0.29) is 24.4 Å². The van der Waals surface area contributed by atoms with E-state index in [0.29, 0.717) is 0 Å². The van der Waals surface area contributed by atoms with Gasteiger partial charge in [-0.2, -0.15) is 0 Å². The van der Waals surface area contributed by atoms with Crippen LogP contribution in [-0.2, 0) is 9.53 Å². The molecule has 0 amide bonds. The molecule has 1 rings (SSSR count). The maximum Gasteiger partial charge on any atom is 0.313 e. The van der Waals surface area contributed by atoms with Gasteiger partial charge in [-0.15, -0.1) is 12.4 Å². The highest BCUT2D eigenvalue weighted by Gasteiger charge is 2.37. The van der Waals surface area contributed by atoms with Crippen LogP contribution in [0, 0.1) is 19.3 Å². The van der Waals surface area contributed by atoms with Gasteiger partial charge in [0.1, 0.15) is 0 Å². The summed E-state index contributed by atoms with van der Waals surface area (Å²) in [4.78, 5) is 11.7. The number of hydrogen-bond acceptors (Lipinski definition) is 3. The van der Waals surface area contributed by atoms with E-state index in [4.69, 9.17) is 10.5 Å². The quantitative estimate of drug-likeness (QED) is 0.860. The fraction of sp³-hybridized carbons (Fsp3) is 0.500. The van der Waals surface area contributed by atoms with Crippen molar-refractivity contribution >= 4 is 18.4 Å². The molecule has 1 atom stereocenters. The smallest absolute Gasteiger partial charge is 0.313 e. The first-order valence-corrected chi connectivity index (χ1v) is 5.72. The molecule has 0 saturated heterocycles. The third kappa shape index (κ3) is 3.24. The molecular weight excluding hydrogens is 250 g/mol. The SMILES string of the molecule is COC(=O)C(C)(C)[C@@H](N)c1cc(C)ccc1C.Cl. The van der Waals surface area contributed by atoms with Crippen LogP contribution in [-0.4, -0.2) is 13.1 Å². The summed E-state index contributed by atoms with van der Waals surface area (Å²) < 4.78 is 4.81. The van der Waals surface area contributed by atoms with Gasteiger partial charge in [0, 0.05) is 6.04 Å². The Morgan fingerprint density at radius 2 is 1.89 bits per heavy atom. The second kappa shape index (κ2) is 6.21. The van der Waals surface area contributed by atoms with Gasteiger partial charge in [0.15, 0.2) is 0 Å². The van der Waals surface area contributed by atoms with Gasteiger partial charge in [0.2, 0.25) is 0 Å². The van der Waals surface area contributed by atoms with Gasteiger partial charge in [-0.25, -0.2) is 0 Å². The number of aryl methyl sites for hydroxylation is 2. The van der Waals surface area contributed by atoms with Crippen LogP contribution >= 0.6 is 12.4 Å². The summed E-state index contributed by atoms with van der Waals surface area (Å²) in [6.07, 6.45) is 0. The Morgan fingerprint density at radius 3 is 2.39 bits per heavy atom. The summed E-state index contributed by atoms with van der Waals surface area (Å²) >= 11 is 0. The molecule has 0 aromatic heterocycles. The van der Waals surface area contributed by atoms with Gasteiger partial charge in [-0.1, -0.05) is 23.8 Å². The molecule has 1 aromatic rings. The molecule has 102 valence electrons. The first-order chi connectivity index (χ1) is 7.80. The van der Waals surface area contributed by atoms with Crippen molar-refractivity contribution < 1.29 is 9.53 Å². The van der Waals surface area contributed by atoms with Crippen molar-refractivity contribution in [2.45, 2.75) is 33.7 Å². The zero-order valence-corrected chi connectivity index (χ0v) is 12.4. The zero-order chi connectivity index (χ0) is 13.2. The van der Waals surface area contributed by atoms with Crippen LogP contribution in [0.3, 0.4) is 0 Å². The number of esters is 1. The lowest BCUT2D eigenvalue weighted by molar-refractivity contribution is -0.152. The average molecular weight is 272 g/mol. The van der Waals surface area contributed by atoms with E-state index < -0.39 is 5.41 Å². The highest BCUT2D eigenvalue weighted by molar-refractivity contribution is 5.85. The van der Waals surface area contributed by atoms with E-state index in [1.54, 1.807) is 0 Å². The topological polar surface area (TPSA) is 52.3 Å². The van der Waals surface area contributed by atoms with E-state index in [0.717, 1.165) is 16.7 Å². The van der Waals surface area contributed by atoms with Gasteiger partial charge in [-0.3, -0.25) is 4.79 Å². The minimum absolute atomic E-state index is 0. The van der Waals surface area contributed by atoms with Gasteiger partial charge in [-0.05, 0) is 38.8 Å². The Labute approximate surface area is 115 Å². The van der Waals surface area contributed by atoms with Gasteiger partial charge in [0.25, 0.3) is 0 Å². The lowest BCUT2D eigenvalue weighted by Crippen LogP contribution is -2.37. The maximum absolute atomic E-state index is 11.7. The summed E-state index contributed by atoms with van der Waals surface area (Å²) in [6, 6.07) is 5.73. The van der Waals surface area contributed by atoms with Crippen molar-refractivity contribution in [2.24, 2.45) is 11.1 Å². The van der Waals surface area contributed by atoms with Crippen molar-refractivity contribution in [3.63, 3.8) is 0 Å². The Morgan fingerprint density at radius 1 is 1.33 bits per heavy atom. The van der Waals surface area contributed by atoms with Crippen molar-refractivity contribution in [2.75, 3.05) is 7.11 Å². The second-order valence-corrected chi connectivity index (χ2v) is 5.05. The molecule has 0 unspecified atom stereocenters. The molecule has 0 heterocycles. The van der Waals surface area contributed by atoms with Crippen molar-refractivity contribution in [1.29, 1.82) is 0 Å². The summed E-state index contributed by atoms with van der Waals surface area (Å²) in [6.45, 7) is 7.64. The maximum atomic E-state index is 11.7. The normalized spacial score (nSPS) is 12.6. The molecule has 18 heavy (non-hydrogen) atoms. The molecule has 0 spiro atoms. The Balaban J connectivity index is 0.00000289. The van der Waals surface area contributed by atoms with Crippen LogP contribution in [0.25, 0.3) is 0 Å². The summed E-state index contributed by atoms with van der Waals surface area (Å²) in [5.74, 6) is -0.286. The van der Waals surface area contributed by atoms with E-state index in [9.17, 15) is 4.79 Å². The molecule has 2 N–H and O–H groups in total. The number of methoxy groups -OCH3 is 1. The summed E-state index contributed by atoms with van der Waals surface area (Å²) in [5, 5.41) is 0. The highest BCUT2D eigenvalue weighted by Crippen LogP contribution is 2.34. The van der Waals surface area contributed by atoms with E-state index in [1.807, 2.05) is 45.9 Å². The predicted octanol–water partition coefficient (Wildman–Crippen LogP) is 2.92. The van der Waals surface area contributed by atoms with Crippen LogP contribution in [0.2, 0.25) is 0 Å². The highest BCUT2D eigenvalue weighted by atomic mass is 35.5. The standard InChI is InChI=1S/C14H21NO2.ClH/c1-9-6-7-10(2)11(8-9)12(15)14(3,4)13(16)17-5;/h6-8,12H,15H2,1-5H3;1H/t12-;/m0./s1. The van der Waals surface area contributed by atoms with Crippen LogP contribution in [0.15, 0.2) is 18.2 Å². The predicted molar refractivity (Wildman–Crippen MR) is 75.9 cm³/mol. The number of carbonyl (C=O) groups excluding carboxylic acids is 1. The molecular formula is C14H22ClNO2. The zero-order valence-electron chi connectivity index (χ0n) is 11.6. The van der Waals surface area contributed by atoms with Crippen LogP contribution in [0.1, 0.15) is 36.6 Å². The molecule has 0 bridgehead atoms. The van der Waals surface area contributed by atoms with Gasteiger partial charge in [0.05, 0.1) is 12.5 Å². The summed E-state index contributed by atoms with van der Waals surface area (Å²) in [5.41, 5.74) is 8.73. The van der Waals surface area contributed by atoms with Crippen LogP contribution < -0.4 is 5.73 Å². The molecule has 0 saturated carbocycles. The molecule has 0 radical (unpaired) electrons. The van der Waals surface area contributed by atoms with E-state index >= 15 is 0 Å². The largest absolute Gasteiger partial charge is 0.469 e. The number of carbonyl (C=O) groups is 1. The number of rotatable bonds is 3. The van der Waals surface area contributed by atoms with E-state index in [2.05, 4.69) is 0 Å². The number of hydrogen-bond donors (Lipinski definition) is 1. The molecule has 1 aromatic carbocycles. The number of nitrogens with two attached hydrogens (primary N) is 1. The Hall–Kier alpha value is -1.06. The molecule has 0 aliphatic rings. The Kier molecular flexibility index (Phi) is 5.84. The van der Waals surface area contributed by atoms with Crippen LogP contribution in [0.5, 0.6) is 0 Å². The van der Waals surface area contributed by atoms with Crippen molar-refractivity contribution in [3.8, 4) is 0 Å². The number of ether oxygens (including phenoxy) is 1. The lowest BCUT2D eigenvalue weighted by atomic mass is 9.79. The first kappa shape index (κ1) is 16.9. The third-order valence-corrected chi connectivity index (χ3v) is 3.26. The Bertz CT molecular complexity index is 430. The molecule has 0 aliphatic heterocycles. The van der Waals surface area contributed by atoms with Crippen LogP contribution in [0.4, 0.5) is 0 Å². The molecule has 0 aliphatic carbocycles. The van der Waals surface area contributed by atoms with E-state index in [1.165, 1.54) is 7.11 Å². The van der Waals surface area contributed by atoms with Gasteiger partial charge >= 0.3 is 5.97 Å². The molecule has 0 fully saturated rings. The fourth-order valence-electron chi connectivity index (χ4n) is 1.87. The number of benzene rings is 1. The third-order valence-electron chi connectivity index (χ3n) is 3.26. The average Bonchev–Trinajstić information content (AvgIpc) is 2.30. The lowest BCUT2D eigenvalue weighted by Gasteiger charge is -2.30. The first-order valence-electron chi connectivity index (χ1n) is 5.72. The molecule has 4 heteroatoms. The summed E-state index contributed by atoms with van der Waals surface area (Å²) in [7, 11) is 1.39. The monoisotopic (exact) mass is 271 g/mol. The minimum Gasteiger partial charge on any atom is -0.469 e. The number of halogens is 1. The second-order valence-electron chi connectivity index (χ2n) is 5.05. The molecule has 3 nitrogen and oxygen atoms in total. The minimum atomic E-state index is -0.729.